The van der Waals surface area contributed by atoms with Crippen molar-refractivity contribution in [3.8, 4) is 0 Å². The molecule has 0 bridgehead atoms. The largest absolute Gasteiger partial charge is 0.340 e. The number of anilines is 2. The van der Waals surface area contributed by atoms with E-state index >= 15 is 0 Å². The molecule has 166 valence electrons. The van der Waals surface area contributed by atoms with Crippen molar-refractivity contribution in [2.45, 2.75) is 33.2 Å². The number of hydrogen-bond acceptors (Lipinski definition) is 5. The minimum Gasteiger partial charge on any atom is -0.340 e. The molecule has 7 heteroatoms. The first kappa shape index (κ1) is 22.1. The molecule has 2 aliphatic rings. The molecule has 4 rings (SSSR count). The van der Waals surface area contributed by atoms with Gasteiger partial charge in [-0.2, -0.15) is 0 Å². The summed E-state index contributed by atoms with van der Waals surface area (Å²) in [6.07, 6.45) is 1.02. The standard InChI is InChI=1S/C25H28N4O2S/c1-16(2)23(30)28-20-12-7-9-18(15-20)22-21(24(31)27-19-10-5-4-6-11-19)17(3)26-25-29(22)13-8-14-32-25/h4-7,9-12,15-16,22H,8,13-14H2,1-3H3,(H,27,31)(H,28,30). The maximum atomic E-state index is 13.4. The van der Waals surface area contributed by atoms with Crippen molar-refractivity contribution in [2.24, 2.45) is 10.9 Å². The number of fused-ring (bicyclic) bond motifs is 1. The molecule has 2 heterocycles. The summed E-state index contributed by atoms with van der Waals surface area (Å²) < 4.78 is 0. The molecule has 1 saturated heterocycles. The van der Waals surface area contributed by atoms with Gasteiger partial charge < -0.3 is 15.5 Å². The highest BCUT2D eigenvalue weighted by molar-refractivity contribution is 8.13. The molecule has 2 aromatic carbocycles. The van der Waals surface area contributed by atoms with Gasteiger partial charge in [-0.15, -0.1) is 0 Å². The van der Waals surface area contributed by atoms with Crippen LogP contribution < -0.4 is 10.6 Å². The zero-order valence-corrected chi connectivity index (χ0v) is 19.4. The number of para-hydroxylation sites is 1. The third-order valence-electron chi connectivity index (χ3n) is 5.53. The van der Waals surface area contributed by atoms with Crippen molar-refractivity contribution in [1.82, 2.24) is 4.90 Å². The van der Waals surface area contributed by atoms with Crippen molar-refractivity contribution < 1.29 is 9.59 Å². The van der Waals surface area contributed by atoms with E-state index in [0.29, 0.717) is 5.57 Å². The maximum Gasteiger partial charge on any atom is 0.255 e. The Kier molecular flexibility index (Phi) is 6.65. The van der Waals surface area contributed by atoms with E-state index in [1.54, 1.807) is 11.8 Å². The van der Waals surface area contributed by atoms with E-state index in [1.165, 1.54) is 0 Å². The first-order valence-corrected chi connectivity index (χ1v) is 11.9. The fourth-order valence-corrected chi connectivity index (χ4v) is 4.92. The summed E-state index contributed by atoms with van der Waals surface area (Å²) in [6, 6.07) is 17.0. The van der Waals surface area contributed by atoms with Crippen LogP contribution in [-0.2, 0) is 9.59 Å². The Morgan fingerprint density at radius 1 is 1.06 bits per heavy atom. The number of carbonyl (C=O) groups excluding carboxylic acids is 2. The fourth-order valence-electron chi connectivity index (χ4n) is 3.90. The smallest absolute Gasteiger partial charge is 0.255 e. The van der Waals surface area contributed by atoms with Gasteiger partial charge in [0.1, 0.15) is 0 Å². The van der Waals surface area contributed by atoms with E-state index in [4.69, 9.17) is 4.99 Å². The number of rotatable bonds is 5. The van der Waals surface area contributed by atoms with Crippen LogP contribution in [-0.4, -0.2) is 34.2 Å². The maximum absolute atomic E-state index is 13.4. The molecule has 0 saturated carbocycles. The SMILES string of the molecule is CC1=C(C(=O)Nc2ccccc2)C(c2cccc(NC(=O)C(C)C)c2)N2CCCSC2=N1. The van der Waals surface area contributed by atoms with Gasteiger partial charge in [0.2, 0.25) is 5.91 Å². The molecular formula is C25H28N4O2S. The van der Waals surface area contributed by atoms with Crippen molar-refractivity contribution in [3.05, 3.63) is 71.4 Å². The first-order chi connectivity index (χ1) is 15.4. The molecule has 2 aromatic rings. The third-order valence-corrected chi connectivity index (χ3v) is 6.61. The molecule has 0 spiro atoms. The lowest BCUT2D eigenvalue weighted by Gasteiger charge is -2.41. The Hall–Kier alpha value is -3.06. The van der Waals surface area contributed by atoms with Crippen LogP contribution in [0.4, 0.5) is 11.4 Å². The highest BCUT2D eigenvalue weighted by Crippen LogP contribution is 2.40. The average molecular weight is 449 g/mol. The summed E-state index contributed by atoms with van der Waals surface area (Å²) in [5, 5.41) is 6.96. The van der Waals surface area contributed by atoms with Crippen LogP contribution in [0.25, 0.3) is 0 Å². The minimum atomic E-state index is -0.269. The number of hydrogen-bond donors (Lipinski definition) is 2. The van der Waals surface area contributed by atoms with Gasteiger partial charge >= 0.3 is 0 Å². The Morgan fingerprint density at radius 3 is 2.56 bits per heavy atom. The van der Waals surface area contributed by atoms with Gasteiger partial charge in [-0.25, -0.2) is 4.99 Å². The predicted octanol–water partition coefficient (Wildman–Crippen LogP) is 5.04. The fraction of sp³-hybridized carbons (Fsp3) is 0.320. The van der Waals surface area contributed by atoms with Crippen LogP contribution in [0, 0.1) is 5.92 Å². The van der Waals surface area contributed by atoms with Crippen LogP contribution in [0.15, 0.2) is 70.9 Å². The van der Waals surface area contributed by atoms with Gasteiger partial charge in [-0.1, -0.05) is 55.9 Å². The lowest BCUT2D eigenvalue weighted by Crippen LogP contribution is -2.43. The van der Waals surface area contributed by atoms with E-state index in [-0.39, 0.29) is 23.8 Å². The van der Waals surface area contributed by atoms with Crippen molar-refractivity contribution in [1.29, 1.82) is 0 Å². The van der Waals surface area contributed by atoms with Crippen molar-refractivity contribution in [2.75, 3.05) is 22.9 Å². The van der Waals surface area contributed by atoms with E-state index in [2.05, 4.69) is 15.5 Å². The predicted molar refractivity (Wildman–Crippen MR) is 132 cm³/mol. The van der Waals surface area contributed by atoms with Crippen LogP contribution in [0.1, 0.15) is 38.8 Å². The summed E-state index contributed by atoms with van der Waals surface area (Å²) in [5.74, 6) is 0.717. The average Bonchev–Trinajstić information content (AvgIpc) is 2.78. The molecule has 0 aromatic heterocycles. The topological polar surface area (TPSA) is 73.8 Å². The van der Waals surface area contributed by atoms with Crippen LogP contribution in [0.3, 0.4) is 0 Å². The number of allylic oxidation sites excluding steroid dienone is 1. The van der Waals surface area contributed by atoms with Crippen molar-refractivity contribution in [3.63, 3.8) is 0 Å². The van der Waals surface area contributed by atoms with Gasteiger partial charge in [0.05, 0.1) is 17.3 Å². The number of nitrogens with one attached hydrogen (secondary N) is 2. The molecular weight excluding hydrogens is 420 g/mol. The second kappa shape index (κ2) is 9.61. The number of aliphatic imine (C=N–C) groups is 1. The van der Waals surface area contributed by atoms with E-state index in [0.717, 1.165) is 46.5 Å². The molecule has 0 radical (unpaired) electrons. The van der Waals surface area contributed by atoms with Gasteiger partial charge in [-0.05, 0) is 43.2 Å². The number of benzene rings is 2. The molecule has 2 aliphatic heterocycles. The Balaban J connectivity index is 1.72. The van der Waals surface area contributed by atoms with Gasteiger partial charge in [0, 0.05) is 29.6 Å². The van der Waals surface area contributed by atoms with Gasteiger partial charge in [-0.3, -0.25) is 9.59 Å². The van der Waals surface area contributed by atoms with Gasteiger partial charge in [0.25, 0.3) is 5.91 Å². The molecule has 1 fully saturated rings. The zero-order valence-electron chi connectivity index (χ0n) is 18.6. The summed E-state index contributed by atoms with van der Waals surface area (Å²) in [6.45, 7) is 6.46. The number of thioether (sulfide) groups is 1. The van der Waals surface area contributed by atoms with Gasteiger partial charge in [0.15, 0.2) is 5.17 Å². The van der Waals surface area contributed by atoms with Crippen LogP contribution in [0.5, 0.6) is 0 Å². The molecule has 2 amide bonds. The van der Waals surface area contributed by atoms with E-state index < -0.39 is 0 Å². The molecule has 32 heavy (non-hydrogen) atoms. The lowest BCUT2D eigenvalue weighted by atomic mass is 9.93. The van der Waals surface area contributed by atoms with E-state index in [9.17, 15) is 9.59 Å². The Morgan fingerprint density at radius 2 is 1.81 bits per heavy atom. The molecule has 2 N–H and O–H groups in total. The second-order valence-corrected chi connectivity index (χ2v) is 9.34. The van der Waals surface area contributed by atoms with Crippen molar-refractivity contribution >= 4 is 40.1 Å². The number of amidine groups is 1. The van der Waals surface area contributed by atoms with Crippen LogP contribution in [0.2, 0.25) is 0 Å². The normalized spacial score (nSPS) is 18.2. The Labute approximate surface area is 193 Å². The summed E-state index contributed by atoms with van der Waals surface area (Å²) in [4.78, 5) is 32.7. The van der Waals surface area contributed by atoms with E-state index in [1.807, 2.05) is 75.4 Å². The third kappa shape index (κ3) is 4.72. The first-order valence-electron chi connectivity index (χ1n) is 10.9. The molecule has 1 unspecified atom stereocenters. The lowest BCUT2D eigenvalue weighted by molar-refractivity contribution is -0.119. The molecule has 0 aliphatic carbocycles. The highest BCUT2D eigenvalue weighted by atomic mass is 32.2. The number of carbonyl (C=O) groups is 2. The number of nitrogens with zero attached hydrogens (tertiary/aromatic N) is 2. The second-order valence-electron chi connectivity index (χ2n) is 8.28. The number of amides is 2. The molecule has 1 atom stereocenters. The summed E-state index contributed by atoms with van der Waals surface area (Å²) in [7, 11) is 0. The quantitative estimate of drug-likeness (QED) is 0.672. The zero-order chi connectivity index (χ0) is 22.7. The summed E-state index contributed by atoms with van der Waals surface area (Å²) >= 11 is 1.73. The minimum absolute atomic E-state index is 0.0321. The van der Waals surface area contributed by atoms with Crippen LogP contribution >= 0.6 is 11.8 Å². The Bertz CT molecular complexity index is 1080. The molecule has 6 nitrogen and oxygen atoms in total. The summed E-state index contributed by atoms with van der Waals surface area (Å²) in [5.41, 5.74) is 3.79. The monoisotopic (exact) mass is 448 g/mol. The highest BCUT2D eigenvalue weighted by Gasteiger charge is 2.37.